The van der Waals surface area contributed by atoms with Gasteiger partial charge in [-0.3, -0.25) is 14.4 Å². The Morgan fingerprint density at radius 3 is 2.35 bits per heavy atom. The molecule has 2 fully saturated rings. The van der Waals surface area contributed by atoms with E-state index in [0.717, 1.165) is 18.6 Å². The Bertz CT molecular complexity index is 1180. The fourth-order valence-corrected chi connectivity index (χ4v) is 6.96. The van der Waals surface area contributed by atoms with Gasteiger partial charge >= 0.3 is 0 Å². The molecule has 9 nitrogen and oxygen atoms in total. The van der Waals surface area contributed by atoms with E-state index < -0.39 is 29.1 Å². The number of aliphatic hydroxyl groups excluding tert-OH is 1. The molecule has 5 atom stereocenters. The molecule has 4 aliphatic heterocycles. The normalized spacial score (nSPS) is 31.2. The summed E-state index contributed by atoms with van der Waals surface area (Å²) in [6.07, 6.45) is 10.3. The number of fused-ring (bicyclic) bond motifs is 2. The van der Waals surface area contributed by atoms with Crippen LogP contribution in [0, 0.1) is 11.8 Å². The molecule has 1 aromatic rings. The molecule has 5 rings (SSSR count). The Morgan fingerprint density at radius 2 is 1.68 bits per heavy atom. The zero-order chi connectivity index (χ0) is 28.5. The molecule has 0 saturated carbocycles. The van der Waals surface area contributed by atoms with Gasteiger partial charge in [-0.2, -0.15) is 0 Å². The maximum Gasteiger partial charge on any atom is 0.249 e. The minimum atomic E-state index is -1.27. The molecule has 4 heterocycles. The molecule has 40 heavy (non-hydrogen) atoms. The predicted octanol–water partition coefficient (Wildman–Crippen LogP) is 2.93. The van der Waals surface area contributed by atoms with Crippen molar-refractivity contribution >= 4 is 23.4 Å². The maximum absolute atomic E-state index is 14.5. The van der Waals surface area contributed by atoms with Gasteiger partial charge in [0.05, 0.1) is 24.0 Å². The van der Waals surface area contributed by atoms with Crippen molar-refractivity contribution in [2.45, 2.75) is 63.7 Å². The van der Waals surface area contributed by atoms with E-state index in [4.69, 9.17) is 9.47 Å². The van der Waals surface area contributed by atoms with Crippen LogP contribution in [-0.4, -0.2) is 89.3 Å². The number of likely N-dealkylation sites (tertiary alicyclic amines) is 1. The summed E-state index contributed by atoms with van der Waals surface area (Å²) in [6, 6.07) is 6.50. The molecule has 0 radical (unpaired) electrons. The predicted molar refractivity (Wildman–Crippen MR) is 151 cm³/mol. The number of anilines is 1. The van der Waals surface area contributed by atoms with Gasteiger partial charge in [-0.1, -0.05) is 44.6 Å². The summed E-state index contributed by atoms with van der Waals surface area (Å²) in [5.41, 5.74) is -1.59. The molecule has 1 aromatic carbocycles. The second-order valence-electron chi connectivity index (χ2n) is 11.0. The molecule has 9 heteroatoms. The molecular formula is C31H41N3O6. The zero-order valence-corrected chi connectivity index (χ0v) is 23.8. The van der Waals surface area contributed by atoms with Crippen LogP contribution < -0.4 is 9.64 Å². The number of unbranched alkanes of at least 4 members (excludes halogenated alkanes) is 1. The fourth-order valence-electron chi connectivity index (χ4n) is 6.96. The number of nitrogens with zero attached hydrogens (tertiary/aromatic N) is 3. The van der Waals surface area contributed by atoms with E-state index in [0.29, 0.717) is 44.8 Å². The molecule has 216 valence electrons. The number of hydrogen-bond donors (Lipinski definition) is 1. The summed E-state index contributed by atoms with van der Waals surface area (Å²) in [7, 11) is 0. The maximum atomic E-state index is 14.5. The van der Waals surface area contributed by atoms with E-state index in [1.54, 1.807) is 14.7 Å². The van der Waals surface area contributed by atoms with Crippen molar-refractivity contribution in [1.29, 1.82) is 0 Å². The number of hydrogen-bond acceptors (Lipinski definition) is 6. The highest BCUT2D eigenvalue weighted by Crippen LogP contribution is 2.58. The van der Waals surface area contributed by atoms with Crippen molar-refractivity contribution < 1.29 is 29.0 Å². The van der Waals surface area contributed by atoms with Gasteiger partial charge in [0.15, 0.2) is 0 Å². The lowest BCUT2D eigenvalue weighted by atomic mass is 9.73. The van der Waals surface area contributed by atoms with E-state index >= 15 is 0 Å². The molecule has 1 N–H and O–H groups in total. The average Bonchev–Trinajstić information content (AvgIpc) is 3.25. The summed E-state index contributed by atoms with van der Waals surface area (Å²) < 4.78 is 12.6. The lowest BCUT2D eigenvalue weighted by Gasteiger charge is -2.38. The number of carbonyl (C=O) groups excluding carboxylic acids is 3. The van der Waals surface area contributed by atoms with Crippen LogP contribution in [0.2, 0.25) is 0 Å². The minimum absolute atomic E-state index is 0.103. The SMILES string of the molecule is CCCCN1CC=C[C@]23O[C@@]4(CC)C=CCN(c5ccc(OCC)cc5)C(=O)[C@H]4[C@H]2C(=O)N(CCCO)C3C1=O. The summed E-state index contributed by atoms with van der Waals surface area (Å²) in [5, 5.41) is 9.60. The van der Waals surface area contributed by atoms with Crippen molar-refractivity contribution in [2.75, 3.05) is 44.3 Å². The summed E-state index contributed by atoms with van der Waals surface area (Å²) in [6.45, 7) is 8.00. The van der Waals surface area contributed by atoms with E-state index in [-0.39, 0.29) is 30.9 Å². The number of benzene rings is 1. The third-order valence-corrected chi connectivity index (χ3v) is 8.82. The summed E-state index contributed by atoms with van der Waals surface area (Å²) in [4.78, 5) is 48.0. The summed E-state index contributed by atoms with van der Waals surface area (Å²) >= 11 is 0. The van der Waals surface area contributed by atoms with Crippen LogP contribution in [0.5, 0.6) is 5.75 Å². The summed E-state index contributed by atoms with van der Waals surface area (Å²) in [5.74, 6) is -1.56. The zero-order valence-electron chi connectivity index (χ0n) is 23.8. The molecule has 1 unspecified atom stereocenters. The van der Waals surface area contributed by atoms with Gasteiger partial charge in [-0.15, -0.1) is 0 Å². The van der Waals surface area contributed by atoms with E-state index in [2.05, 4.69) is 6.92 Å². The Hall–Kier alpha value is -3.17. The topological polar surface area (TPSA) is 99.6 Å². The second-order valence-corrected chi connectivity index (χ2v) is 11.0. The minimum Gasteiger partial charge on any atom is -0.494 e. The van der Waals surface area contributed by atoms with Gasteiger partial charge in [-0.05, 0) is 50.5 Å². The quantitative estimate of drug-likeness (QED) is 0.449. The number of amides is 3. The molecular weight excluding hydrogens is 510 g/mol. The first-order valence-corrected chi connectivity index (χ1v) is 14.7. The smallest absolute Gasteiger partial charge is 0.249 e. The highest BCUT2D eigenvalue weighted by molar-refractivity contribution is 6.04. The largest absolute Gasteiger partial charge is 0.494 e. The highest BCUT2D eigenvalue weighted by Gasteiger charge is 2.75. The molecule has 0 bridgehead atoms. The Morgan fingerprint density at radius 1 is 0.925 bits per heavy atom. The highest BCUT2D eigenvalue weighted by atomic mass is 16.5. The van der Waals surface area contributed by atoms with Crippen LogP contribution in [0.1, 0.15) is 46.5 Å². The molecule has 1 spiro atoms. The first-order chi connectivity index (χ1) is 19.4. The average molecular weight is 552 g/mol. The number of ether oxygens (including phenoxy) is 2. The van der Waals surface area contributed by atoms with Crippen LogP contribution in [0.4, 0.5) is 5.69 Å². The van der Waals surface area contributed by atoms with Crippen molar-refractivity contribution in [3.63, 3.8) is 0 Å². The Kier molecular flexibility index (Phi) is 8.06. The van der Waals surface area contributed by atoms with Crippen LogP contribution in [0.25, 0.3) is 0 Å². The Balaban J connectivity index is 1.59. The van der Waals surface area contributed by atoms with Crippen molar-refractivity contribution in [3.8, 4) is 5.75 Å². The Labute approximate surface area is 236 Å². The second kappa shape index (κ2) is 11.4. The molecule has 4 aliphatic rings. The van der Waals surface area contributed by atoms with E-state index in [9.17, 15) is 19.5 Å². The van der Waals surface area contributed by atoms with Crippen LogP contribution >= 0.6 is 0 Å². The van der Waals surface area contributed by atoms with Crippen LogP contribution in [0.15, 0.2) is 48.6 Å². The van der Waals surface area contributed by atoms with Gasteiger partial charge in [0, 0.05) is 38.5 Å². The molecule has 3 amide bonds. The van der Waals surface area contributed by atoms with Crippen molar-refractivity contribution in [1.82, 2.24) is 9.80 Å². The number of rotatable bonds is 10. The van der Waals surface area contributed by atoms with Gasteiger partial charge in [0.2, 0.25) is 17.7 Å². The van der Waals surface area contributed by atoms with Gasteiger partial charge < -0.3 is 29.3 Å². The fraction of sp³-hybridized carbons (Fsp3) is 0.581. The van der Waals surface area contributed by atoms with Crippen molar-refractivity contribution in [2.24, 2.45) is 11.8 Å². The van der Waals surface area contributed by atoms with Crippen molar-refractivity contribution in [3.05, 3.63) is 48.6 Å². The van der Waals surface area contributed by atoms with Gasteiger partial charge in [0.25, 0.3) is 0 Å². The van der Waals surface area contributed by atoms with Gasteiger partial charge in [0.1, 0.15) is 17.4 Å². The number of carbonyl (C=O) groups is 3. The standard InChI is InChI=1S/C31H41N3O6/c1-4-7-17-32-18-9-16-31-25(28(37)34(20-10-21-35)26(31)29(32)38)24-27(36)33(19-8-15-30(24,5-2)40-31)22-11-13-23(14-12-22)39-6-3/h8-9,11-16,24-26,35H,4-7,10,17-21H2,1-3H3/t24-,25+,26?,30+,31+/m1/s1. The lowest BCUT2D eigenvalue weighted by molar-refractivity contribution is -0.152. The lowest BCUT2D eigenvalue weighted by Crippen LogP contribution is -2.56. The van der Waals surface area contributed by atoms with E-state index in [1.165, 1.54) is 0 Å². The molecule has 0 aliphatic carbocycles. The van der Waals surface area contributed by atoms with Gasteiger partial charge in [-0.25, -0.2) is 0 Å². The van der Waals surface area contributed by atoms with Crippen LogP contribution in [0.3, 0.4) is 0 Å². The monoisotopic (exact) mass is 551 g/mol. The first kappa shape index (κ1) is 28.4. The number of aliphatic hydroxyl groups is 1. The molecule has 2 saturated heterocycles. The van der Waals surface area contributed by atoms with Crippen LogP contribution in [-0.2, 0) is 19.1 Å². The third-order valence-electron chi connectivity index (χ3n) is 8.82. The molecule has 0 aromatic heterocycles. The third kappa shape index (κ3) is 4.43. The first-order valence-electron chi connectivity index (χ1n) is 14.7. The van der Waals surface area contributed by atoms with E-state index in [1.807, 2.05) is 62.4 Å².